The van der Waals surface area contributed by atoms with Crippen LogP contribution in [0.5, 0.6) is 0 Å². The SMILES string of the molecule is CCOC(=O)C(C)(NC(=O)CCC(=O)O)c1ccc2c(c1)nc(CNc1ccc(C(=N)N)cc1)n2C. The highest BCUT2D eigenvalue weighted by molar-refractivity contribution is 5.95. The lowest BCUT2D eigenvalue weighted by atomic mass is 9.91. The minimum Gasteiger partial charge on any atom is -0.481 e. The van der Waals surface area contributed by atoms with Gasteiger partial charge in [-0.2, -0.15) is 0 Å². The van der Waals surface area contributed by atoms with Crippen molar-refractivity contribution in [1.29, 1.82) is 5.41 Å². The lowest BCUT2D eigenvalue weighted by molar-refractivity contribution is -0.153. The molecule has 0 aliphatic rings. The fourth-order valence-electron chi connectivity index (χ4n) is 3.75. The topological polar surface area (TPSA) is 172 Å². The van der Waals surface area contributed by atoms with Crippen molar-refractivity contribution in [2.45, 2.75) is 38.8 Å². The number of aryl methyl sites for hydroxylation is 1. The Morgan fingerprint density at radius 2 is 1.86 bits per heavy atom. The van der Waals surface area contributed by atoms with Crippen LogP contribution < -0.4 is 16.4 Å². The number of carbonyl (C=O) groups is 3. The number of carboxylic acids is 1. The average molecular weight is 495 g/mol. The van der Waals surface area contributed by atoms with E-state index in [2.05, 4.69) is 10.6 Å². The van der Waals surface area contributed by atoms with E-state index in [9.17, 15) is 14.4 Å². The minimum absolute atomic E-state index is 0.000554. The Kier molecular flexibility index (Phi) is 7.93. The number of carbonyl (C=O) groups excluding carboxylic acids is 2. The van der Waals surface area contributed by atoms with E-state index in [0.717, 1.165) is 17.0 Å². The minimum atomic E-state index is -1.52. The molecule has 3 aromatic rings. The van der Waals surface area contributed by atoms with Gasteiger partial charge in [-0.3, -0.25) is 15.0 Å². The lowest BCUT2D eigenvalue weighted by Gasteiger charge is -2.29. The van der Waals surface area contributed by atoms with Gasteiger partial charge in [0.25, 0.3) is 0 Å². The molecule has 0 spiro atoms. The van der Waals surface area contributed by atoms with Crippen LogP contribution in [0.25, 0.3) is 11.0 Å². The van der Waals surface area contributed by atoms with Gasteiger partial charge in [0.05, 0.1) is 30.6 Å². The molecule has 0 fully saturated rings. The third kappa shape index (κ3) is 5.80. The average Bonchev–Trinajstić information content (AvgIpc) is 3.16. The summed E-state index contributed by atoms with van der Waals surface area (Å²) >= 11 is 0. The predicted octanol–water partition coefficient (Wildman–Crippen LogP) is 2.23. The summed E-state index contributed by atoms with van der Waals surface area (Å²) in [4.78, 5) is 40.8. The van der Waals surface area contributed by atoms with Crippen LogP contribution in [0.1, 0.15) is 43.6 Å². The summed E-state index contributed by atoms with van der Waals surface area (Å²) < 4.78 is 7.13. The number of aromatic nitrogens is 2. The predicted molar refractivity (Wildman–Crippen MR) is 134 cm³/mol. The number of amides is 1. The molecule has 3 rings (SSSR count). The number of aliphatic carboxylic acids is 1. The second kappa shape index (κ2) is 10.9. The molecule has 190 valence electrons. The first-order valence-corrected chi connectivity index (χ1v) is 11.4. The third-order valence-electron chi connectivity index (χ3n) is 5.84. The number of fused-ring (bicyclic) bond motifs is 1. The fraction of sp³-hybridized carbons (Fsp3) is 0.320. The molecule has 1 atom stereocenters. The molecule has 0 radical (unpaired) electrons. The van der Waals surface area contributed by atoms with Gasteiger partial charge in [0, 0.05) is 24.7 Å². The number of nitrogens with zero attached hydrogens (tertiary/aromatic N) is 2. The largest absolute Gasteiger partial charge is 0.481 e. The Morgan fingerprint density at radius 1 is 1.17 bits per heavy atom. The second-order valence-corrected chi connectivity index (χ2v) is 8.42. The number of hydrogen-bond donors (Lipinski definition) is 5. The van der Waals surface area contributed by atoms with E-state index in [1.807, 2.05) is 29.8 Å². The Hall–Kier alpha value is -4.41. The fourth-order valence-corrected chi connectivity index (χ4v) is 3.75. The Bertz CT molecular complexity index is 1300. The molecular weight excluding hydrogens is 464 g/mol. The zero-order valence-electron chi connectivity index (χ0n) is 20.4. The molecule has 0 saturated heterocycles. The quantitative estimate of drug-likeness (QED) is 0.153. The van der Waals surface area contributed by atoms with Crippen molar-refractivity contribution in [3.63, 3.8) is 0 Å². The number of ether oxygens (including phenoxy) is 1. The van der Waals surface area contributed by atoms with Gasteiger partial charge < -0.3 is 30.8 Å². The van der Waals surface area contributed by atoms with Gasteiger partial charge in [-0.25, -0.2) is 9.78 Å². The number of amidine groups is 1. The molecule has 0 aliphatic heterocycles. The number of nitrogen functional groups attached to an aromatic ring is 1. The van der Waals surface area contributed by atoms with E-state index in [1.165, 1.54) is 6.92 Å². The number of nitrogens with two attached hydrogens (primary N) is 1. The van der Waals surface area contributed by atoms with Crippen molar-refractivity contribution in [3.05, 3.63) is 59.4 Å². The molecule has 2 aromatic carbocycles. The number of benzene rings is 2. The highest BCUT2D eigenvalue weighted by Gasteiger charge is 2.39. The van der Waals surface area contributed by atoms with Crippen LogP contribution in [0.2, 0.25) is 0 Å². The molecule has 1 heterocycles. The van der Waals surface area contributed by atoms with Gasteiger partial charge in [-0.05, 0) is 55.8 Å². The second-order valence-electron chi connectivity index (χ2n) is 8.42. The summed E-state index contributed by atoms with van der Waals surface area (Å²) in [5.74, 6) is -1.59. The summed E-state index contributed by atoms with van der Waals surface area (Å²) in [6, 6.07) is 12.4. The maximum atomic E-state index is 12.9. The van der Waals surface area contributed by atoms with Gasteiger partial charge in [0.1, 0.15) is 11.7 Å². The Balaban J connectivity index is 1.86. The van der Waals surface area contributed by atoms with Gasteiger partial charge >= 0.3 is 11.9 Å². The number of hydrogen-bond acceptors (Lipinski definition) is 7. The number of anilines is 1. The molecule has 1 amide bonds. The summed E-state index contributed by atoms with van der Waals surface area (Å²) in [6.45, 7) is 3.73. The number of rotatable bonds is 11. The molecule has 1 aromatic heterocycles. The van der Waals surface area contributed by atoms with Crippen molar-refractivity contribution >= 4 is 40.4 Å². The van der Waals surface area contributed by atoms with Crippen LogP contribution in [0.4, 0.5) is 5.69 Å². The molecule has 6 N–H and O–H groups in total. The van der Waals surface area contributed by atoms with E-state index in [4.69, 9.17) is 26.0 Å². The normalized spacial score (nSPS) is 12.5. The monoisotopic (exact) mass is 494 g/mol. The Morgan fingerprint density at radius 3 is 2.47 bits per heavy atom. The first-order chi connectivity index (χ1) is 17.0. The highest BCUT2D eigenvalue weighted by atomic mass is 16.5. The van der Waals surface area contributed by atoms with Crippen LogP contribution in [-0.4, -0.2) is 44.9 Å². The van der Waals surface area contributed by atoms with Gasteiger partial charge in [0.2, 0.25) is 5.91 Å². The van der Waals surface area contributed by atoms with Crippen LogP contribution >= 0.6 is 0 Å². The molecule has 0 bridgehead atoms. The molecule has 11 heteroatoms. The smallest absolute Gasteiger partial charge is 0.336 e. The van der Waals surface area contributed by atoms with Crippen molar-refractivity contribution in [3.8, 4) is 0 Å². The lowest BCUT2D eigenvalue weighted by Crippen LogP contribution is -2.50. The zero-order chi connectivity index (χ0) is 26.5. The van der Waals surface area contributed by atoms with E-state index in [1.54, 1.807) is 31.2 Å². The summed E-state index contributed by atoms with van der Waals surface area (Å²) in [7, 11) is 1.88. The Labute approximate surface area is 208 Å². The maximum Gasteiger partial charge on any atom is 0.336 e. The van der Waals surface area contributed by atoms with Crippen molar-refractivity contribution < 1.29 is 24.2 Å². The van der Waals surface area contributed by atoms with Crippen LogP contribution in [0.15, 0.2) is 42.5 Å². The van der Waals surface area contributed by atoms with Crippen LogP contribution in [0, 0.1) is 5.41 Å². The molecule has 0 aliphatic carbocycles. The van der Waals surface area contributed by atoms with E-state index >= 15 is 0 Å². The number of nitrogens with one attached hydrogen (secondary N) is 3. The zero-order valence-corrected chi connectivity index (χ0v) is 20.4. The highest BCUT2D eigenvalue weighted by Crippen LogP contribution is 2.27. The number of carboxylic acid groups (broad SMARTS) is 1. The number of esters is 1. The first kappa shape index (κ1) is 26.2. The van der Waals surface area contributed by atoms with Crippen molar-refractivity contribution in [1.82, 2.24) is 14.9 Å². The van der Waals surface area contributed by atoms with E-state index in [0.29, 0.717) is 23.2 Å². The van der Waals surface area contributed by atoms with Gasteiger partial charge in [-0.15, -0.1) is 0 Å². The third-order valence-corrected chi connectivity index (χ3v) is 5.84. The van der Waals surface area contributed by atoms with Crippen LogP contribution in [-0.2, 0) is 38.3 Å². The standard InChI is InChI=1S/C25H30N6O5/c1-4-36-24(35)25(2,30-21(32)11-12-22(33)34)16-7-10-19-18(13-16)29-20(31(19)3)14-28-17-8-5-15(6-9-17)23(26)27/h5-10,13,28H,4,11-12,14H2,1-3H3,(H3,26,27)(H,30,32)(H,33,34). The maximum absolute atomic E-state index is 12.9. The first-order valence-electron chi connectivity index (χ1n) is 11.4. The molecule has 36 heavy (non-hydrogen) atoms. The molecule has 1 unspecified atom stereocenters. The van der Waals surface area contributed by atoms with E-state index < -0.39 is 23.4 Å². The van der Waals surface area contributed by atoms with Crippen molar-refractivity contribution in [2.24, 2.45) is 12.8 Å². The van der Waals surface area contributed by atoms with Crippen molar-refractivity contribution in [2.75, 3.05) is 11.9 Å². The van der Waals surface area contributed by atoms with Gasteiger partial charge in [0.15, 0.2) is 5.54 Å². The van der Waals surface area contributed by atoms with Gasteiger partial charge in [-0.1, -0.05) is 6.07 Å². The summed E-state index contributed by atoms with van der Waals surface area (Å²) in [5.41, 5.74) is 7.36. The van der Waals surface area contributed by atoms with Crippen LogP contribution in [0.3, 0.4) is 0 Å². The molecular formula is C25H30N6O5. The summed E-state index contributed by atoms with van der Waals surface area (Å²) in [6.07, 6.45) is -0.614. The van der Waals surface area contributed by atoms with E-state index in [-0.39, 0.29) is 25.3 Å². The molecule has 11 nitrogen and oxygen atoms in total. The number of imidazole rings is 1. The summed E-state index contributed by atoms with van der Waals surface area (Å²) in [5, 5.41) is 22.3. The molecule has 0 saturated carbocycles.